The zero-order valence-corrected chi connectivity index (χ0v) is 10.1. The van der Waals surface area contributed by atoms with E-state index < -0.39 is 4.92 Å². The number of carbonyl (C=O) groups excluding carboxylic acids is 1. The molecule has 0 bridgehead atoms. The minimum Gasteiger partial charge on any atom is -0.376 e. The first-order chi connectivity index (χ1) is 8.60. The molecule has 6 heteroatoms. The molecule has 0 aliphatic carbocycles. The Balaban J connectivity index is 3.06. The lowest BCUT2D eigenvalue weighted by molar-refractivity contribution is -0.384. The molecule has 0 saturated heterocycles. The average Bonchev–Trinajstić information content (AvgIpc) is 2.36. The first kappa shape index (κ1) is 13.7. The van der Waals surface area contributed by atoms with Gasteiger partial charge in [-0.05, 0) is 19.1 Å². The lowest BCUT2D eigenvalue weighted by atomic mass is 10.1. The molecule has 0 radical (unpaired) electrons. The van der Waals surface area contributed by atoms with Crippen LogP contribution in [0.15, 0.2) is 30.9 Å². The van der Waals surface area contributed by atoms with Crippen molar-refractivity contribution in [1.82, 2.24) is 5.32 Å². The van der Waals surface area contributed by atoms with Gasteiger partial charge < -0.3 is 10.6 Å². The summed E-state index contributed by atoms with van der Waals surface area (Å²) in [5.74, 6) is -0.323. The first-order valence-electron chi connectivity index (χ1n) is 5.51. The number of nitro groups is 1. The van der Waals surface area contributed by atoms with Crippen molar-refractivity contribution in [3.05, 3.63) is 46.5 Å². The highest BCUT2D eigenvalue weighted by Crippen LogP contribution is 2.25. The van der Waals surface area contributed by atoms with Crippen LogP contribution in [0.3, 0.4) is 0 Å². The van der Waals surface area contributed by atoms with Crippen LogP contribution >= 0.6 is 0 Å². The van der Waals surface area contributed by atoms with E-state index in [0.29, 0.717) is 18.8 Å². The van der Waals surface area contributed by atoms with Crippen LogP contribution in [0.1, 0.15) is 17.3 Å². The van der Waals surface area contributed by atoms with E-state index in [1.54, 1.807) is 19.1 Å². The maximum atomic E-state index is 11.6. The quantitative estimate of drug-likeness (QED) is 0.458. The van der Waals surface area contributed by atoms with Gasteiger partial charge in [-0.15, -0.1) is 6.58 Å². The molecule has 0 aromatic heterocycles. The second-order valence-electron chi connectivity index (χ2n) is 3.52. The van der Waals surface area contributed by atoms with Gasteiger partial charge in [-0.2, -0.15) is 0 Å². The molecule has 0 atom stereocenters. The van der Waals surface area contributed by atoms with Gasteiger partial charge in [-0.3, -0.25) is 14.9 Å². The topological polar surface area (TPSA) is 84.3 Å². The van der Waals surface area contributed by atoms with Gasteiger partial charge in [-0.1, -0.05) is 6.08 Å². The molecule has 1 aromatic carbocycles. The fourth-order valence-electron chi connectivity index (χ4n) is 1.42. The summed E-state index contributed by atoms with van der Waals surface area (Å²) in [6.45, 7) is 6.20. The van der Waals surface area contributed by atoms with Crippen LogP contribution in [0.25, 0.3) is 0 Å². The predicted octanol–water partition coefficient (Wildman–Crippen LogP) is 1.94. The van der Waals surface area contributed by atoms with Crippen LogP contribution < -0.4 is 10.6 Å². The lowest BCUT2D eigenvalue weighted by Gasteiger charge is -2.07. The molecular weight excluding hydrogens is 234 g/mol. The minimum absolute atomic E-state index is 0.124. The SMILES string of the molecule is C=CCNc1ccc(C(=O)NCC)cc1[N+](=O)[O-]. The van der Waals surface area contributed by atoms with Crippen molar-refractivity contribution in [2.75, 3.05) is 18.4 Å². The minimum atomic E-state index is -0.520. The summed E-state index contributed by atoms with van der Waals surface area (Å²) in [6.07, 6.45) is 1.60. The van der Waals surface area contributed by atoms with E-state index >= 15 is 0 Å². The lowest BCUT2D eigenvalue weighted by Crippen LogP contribution is -2.22. The molecule has 1 amide bonds. The molecule has 18 heavy (non-hydrogen) atoms. The first-order valence-corrected chi connectivity index (χ1v) is 5.51. The number of anilines is 1. The molecule has 0 fully saturated rings. The van der Waals surface area contributed by atoms with Gasteiger partial charge in [0, 0.05) is 24.7 Å². The summed E-state index contributed by atoms with van der Waals surface area (Å²) in [7, 11) is 0. The average molecular weight is 249 g/mol. The molecule has 1 rings (SSSR count). The van der Waals surface area contributed by atoms with Gasteiger partial charge in [0.2, 0.25) is 0 Å². The third kappa shape index (κ3) is 3.31. The highest BCUT2D eigenvalue weighted by molar-refractivity contribution is 5.95. The molecule has 0 aliphatic heterocycles. The number of benzene rings is 1. The summed E-state index contributed by atoms with van der Waals surface area (Å²) in [4.78, 5) is 22.0. The largest absolute Gasteiger partial charge is 0.376 e. The summed E-state index contributed by atoms with van der Waals surface area (Å²) < 4.78 is 0. The van der Waals surface area contributed by atoms with Crippen LogP contribution in [-0.4, -0.2) is 23.9 Å². The molecule has 0 unspecified atom stereocenters. The summed E-state index contributed by atoms with van der Waals surface area (Å²) in [6, 6.07) is 4.33. The molecule has 2 N–H and O–H groups in total. The van der Waals surface area contributed by atoms with Crippen molar-refractivity contribution in [2.45, 2.75) is 6.92 Å². The molecule has 0 spiro atoms. The maximum Gasteiger partial charge on any atom is 0.293 e. The van der Waals surface area contributed by atoms with Gasteiger partial charge >= 0.3 is 0 Å². The Bertz CT molecular complexity index is 472. The van der Waals surface area contributed by atoms with Crippen LogP contribution in [0, 0.1) is 10.1 Å². The van der Waals surface area contributed by atoms with Gasteiger partial charge in [0.15, 0.2) is 0 Å². The van der Waals surface area contributed by atoms with E-state index in [-0.39, 0.29) is 17.2 Å². The van der Waals surface area contributed by atoms with Gasteiger partial charge in [-0.25, -0.2) is 0 Å². The maximum absolute atomic E-state index is 11.6. The molecule has 0 saturated carbocycles. The number of hydrogen-bond acceptors (Lipinski definition) is 4. The fraction of sp³-hybridized carbons (Fsp3) is 0.250. The van der Waals surface area contributed by atoms with E-state index in [2.05, 4.69) is 17.2 Å². The summed E-state index contributed by atoms with van der Waals surface area (Å²) in [5, 5.41) is 16.4. The molecule has 6 nitrogen and oxygen atoms in total. The molecule has 1 aromatic rings. The van der Waals surface area contributed by atoms with Crippen molar-refractivity contribution in [1.29, 1.82) is 0 Å². The smallest absolute Gasteiger partial charge is 0.293 e. The van der Waals surface area contributed by atoms with Crippen LogP contribution in [0.4, 0.5) is 11.4 Å². The zero-order valence-electron chi connectivity index (χ0n) is 10.1. The van der Waals surface area contributed by atoms with E-state index in [1.165, 1.54) is 12.1 Å². The summed E-state index contributed by atoms with van der Waals surface area (Å²) >= 11 is 0. The van der Waals surface area contributed by atoms with Crippen molar-refractivity contribution >= 4 is 17.3 Å². The highest BCUT2D eigenvalue weighted by Gasteiger charge is 2.16. The van der Waals surface area contributed by atoms with Crippen molar-refractivity contribution in [2.24, 2.45) is 0 Å². The molecule has 0 heterocycles. The van der Waals surface area contributed by atoms with Crippen molar-refractivity contribution < 1.29 is 9.72 Å². The van der Waals surface area contributed by atoms with Gasteiger partial charge in [0.05, 0.1) is 4.92 Å². The Hall–Kier alpha value is -2.37. The Kier molecular flexibility index (Phi) is 4.86. The van der Waals surface area contributed by atoms with Crippen molar-refractivity contribution in [3.63, 3.8) is 0 Å². The monoisotopic (exact) mass is 249 g/mol. The van der Waals surface area contributed by atoms with Crippen LogP contribution in [0.2, 0.25) is 0 Å². The fourth-order valence-corrected chi connectivity index (χ4v) is 1.42. The number of nitro benzene ring substituents is 1. The Morgan fingerprint density at radius 3 is 2.83 bits per heavy atom. The molecule has 0 aliphatic rings. The third-order valence-corrected chi connectivity index (χ3v) is 2.23. The Morgan fingerprint density at radius 2 is 2.28 bits per heavy atom. The standard InChI is InChI=1S/C12H15N3O3/c1-3-7-14-10-6-5-9(12(16)13-4-2)8-11(10)15(17)18/h3,5-6,8,14H,1,4,7H2,2H3,(H,13,16). The molecular formula is C12H15N3O3. The number of rotatable bonds is 6. The van der Waals surface area contributed by atoms with E-state index in [4.69, 9.17) is 0 Å². The van der Waals surface area contributed by atoms with Crippen LogP contribution in [-0.2, 0) is 0 Å². The van der Waals surface area contributed by atoms with E-state index in [9.17, 15) is 14.9 Å². The third-order valence-electron chi connectivity index (χ3n) is 2.23. The van der Waals surface area contributed by atoms with Crippen LogP contribution in [0.5, 0.6) is 0 Å². The Labute approximate surface area is 105 Å². The normalized spacial score (nSPS) is 9.61. The predicted molar refractivity (Wildman–Crippen MR) is 69.8 cm³/mol. The van der Waals surface area contributed by atoms with Gasteiger partial charge in [0.25, 0.3) is 11.6 Å². The van der Waals surface area contributed by atoms with E-state index in [0.717, 1.165) is 0 Å². The van der Waals surface area contributed by atoms with Gasteiger partial charge in [0.1, 0.15) is 5.69 Å². The van der Waals surface area contributed by atoms with Crippen molar-refractivity contribution in [3.8, 4) is 0 Å². The number of carbonyl (C=O) groups is 1. The summed E-state index contributed by atoms with van der Waals surface area (Å²) in [5.41, 5.74) is 0.515. The van der Waals surface area contributed by atoms with E-state index in [1.807, 2.05) is 0 Å². The second-order valence-corrected chi connectivity index (χ2v) is 3.52. The number of hydrogen-bond donors (Lipinski definition) is 2. The Morgan fingerprint density at radius 1 is 1.56 bits per heavy atom. The number of nitrogens with one attached hydrogen (secondary N) is 2. The number of nitrogens with zero attached hydrogens (tertiary/aromatic N) is 1. The molecule has 96 valence electrons. The number of amides is 1. The highest BCUT2D eigenvalue weighted by atomic mass is 16.6. The second kappa shape index (κ2) is 6.39. The zero-order chi connectivity index (χ0) is 13.5.